The van der Waals surface area contributed by atoms with Crippen LogP contribution in [0.1, 0.15) is 25.7 Å². The van der Waals surface area contributed by atoms with E-state index in [1.807, 2.05) is 0 Å². The molecule has 1 heterocycles. The molecule has 1 aromatic rings. The number of nitrogens with one attached hydrogen (secondary N) is 1. The van der Waals surface area contributed by atoms with Gasteiger partial charge in [0.25, 0.3) is 0 Å². The molecular weight excluding hydrogens is 224 g/mol. The molecule has 0 aliphatic heterocycles. The molecule has 1 saturated carbocycles. The van der Waals surface area contributed by atoms with Crippen molar-refractivity contribution in [1.29, 1.82) is 0 Å². The molecule has 0 radical (unpaired) electrons. The predicted molar refractivity (Wildman–Crippen MR) is 61.7 cm³/mol. The van der Waals surface area contributed by atoms with Gasteiger partial charge in [0.05, 0.1) is 6.10 Å². The summed E-state index contributed by atoms with van der Waals surface area (Å²) in [6.45, 7) is 0. The second kappa shape index (κ2) is 4.70. The van der Waals surface area contributed by atoms with Crippen LogP contribution in [0.2, 0.25) is 0 Å². The van der Waals surface area contributed by atoms with Gasteiger partial charge in [-0.2, -0.15) is 0 Å². The number of nitro groups is 1. The van der Waals surface area contributed by atoms with Crippen LogP contribution in [0.25, 0.3) is 0 Å². The maximum absolute atomic E-state index is 10.8. The summed E-state index contributed by atoms with van der Waals surface area (Å²) in [5, 5.41) is 23.3. The lowest BCUT2D eigenvalue weighted by molar-refractivity contribution is -0.388. The Bertz CT molecular complexity index is 410. The van der Waals surface area contributed by atoms with E-state index in [0.717, 1.165) is 25.7 Å². The number of aliphatic hydroxyl groups excluding tert-OH is 1. The molecule has 0 atom stereocenters. The fourth-order valence-electron chi connectivity index (χ4n) is 2.13. The van der Waals surface area contributed by atoms with Gasteiger partial charge in [-0.25, -0.2) is 0 Å². The second-order valence-electron chi connectivity index (χ2n) is 4.43. The summed E-state index contributed by atoms with van der Waals surface area (Å²) in [4.78, 5) is 14.0. The molecule has 1 aliphatic carbocycles. The summed E-state index contributed by atoms with van der Waals surface area (Å²) < 4.78 is 1.61. The number of hydrogen-bond acceptors (Lipinski definition) is 5. The van der Waals surface area contributed by atoms with Crippen molar-refractivity contribution in [1.82, 2.24) is 9.55 Å². The lowest BCUT2D eigenvalue weighted by Crippen LogP contribution is -2.29. The Labute approximate surface area is 98.6 Å². The van der Waals surface area contributed by atoms with Crippen molar-refractivity contribution in [3.8, 4) is 0 Å². The number of imidazole rings is 1. The van der Waals surface area contributed by atoms with E-state index in [4.69, 9.17) is 0 Å². The van der Waals surface area contributed by atoms with Gasteiger partial charge in [-0.1, -0.05) is 0 Å². The minimum absolute atomic E-state index is 0.140. The molecule has 1 fully saturated rings. The SMILES string of the molecule is Cn1cnc([N+](=O)[O-])c1NC1CCC(O)CC1. The maximum Gasteiger partial charge on any atom is 0.406 e. The zero-order valence-electron chi connectivity index (χ0n) is 9.67. The van der Waals surface area contributed by atoms with Crippen molar-refractivity contribution < 1.29 is 10.0 Å². The van der Waals surface area contributed by atoms with Crippen LogP contribution in [0.3, 0.4) is 0 Å². The second-order valence-corrected chi connectivity index (χ2v) is 4.43. The Hall–Kier alpha value is -1.63. The van der Waals surface area contributed by atoms with Crippen LogP contribution in [-0.4, -0.2) is 31.7 Å². The zero-order valence-corrected chi connectivity index (χ0v) is 9.67. The lowest BCUT2D eigenvalue weighted by atomic mass is 9.93. The number of aryl methyl sites for hydroxylation is 1. The van der Waals surface area contributed by atoms with Crippen LogP contribution in [0.4, 0.5) is 11.6 Å². The molecule has 17 heavy (non-hydrogen) atoms. The van der Waals surface area contributed by atoms with Crippen molar-refractivity contribution in [3.05, 3.63) is 16.4 Å². The Morgan fingerprint density at radius 3 is 2.76 bits per heavy atom. The maximum atomic E-state index is 10.8. The number of hydrogen-bond donors (Lipinski definition) is 2. The van der Waals surface area contributed by atoms with Crippen LogP contribution < -0.4 is 5.32 Å². The summed E-state index contributed by atoms with van der Waals surface area (Å²) in [5.41, 5.74) is 0. The molecule has 1 aliphatic rings. The van der Waals surface area contributed by atoms with Gasteiger partial charge in [0.15, 0.2) is 0 Å². The Morgan fingerprint density at radius 1 is 1.53 bits per heavy atom. The Morgan fingerprint density at radius 2 is 2.18 bits per heavy atom. The highest BCUT2D eigenvalue weighted by Crippen LogP contribution is 2.26. The van der Waals surface area contributed by atoms with Gasteiger partial charge >= 0.3 is 5.82 Å². The van der Waals surface area contributed by atoms with Crippen molar-refractivity contribution in [3.63, 3.8) is 0 Å². The molecule has 0 bridgehead atoms. The van der Waals surface area contributed by atoms with Crippen LogP contribution in [0.5, 0.6) is 0 Å². The van der Waals surface area contributed by atoms with E-state index in [9.17, 15) is 15.2 Å². The number of nitrogens with zero attached hydrogens (tertiary/aromatic N) is 3. The Kier molecular flexibility index (Phi) is 3.28. The van der Waals surface area contributed by atoms with Crippen molar-refractivity contribution in [2.24, 2.45) is 7.05 Å². The van der Waals surface area contributed by atoms with E-state index in [1.54, 1.807) is 11.6 Å². The average Bonchev–Trinajstić information content (AvgIpc) is 2.64. The van der Waals surface area contributed by atoms with Gasteiger partial charge in [-0.3, -0.25) is 4.57 Å². The topological polar surface area (TPSA) is 93.2 Å². The van der Waals surface area contributed by atoms with Crippen LogP contribution in [0, 0.1) is 10.1 Å². The highest BCUT2D eigenvalue weighted by molar-refractivity contribution is 5.52. The number of aliphatic hydroxyl groups is 1. The summed E-state index contributed by atoms with van der Waals surface area (Å²) in [7, 11) is 1.72. The first kappa shape index (κ1) is 11.8. The van der Waals surface area contributed by atoms with E-state index in [-0.39, 0.29) is 18.0 Å². The standard InChI is InChI=1S/C10H16N4O3/c1-13-6-11-9(14(16)17)10(13)12-7-2-4-8(15)5-3-7/h6-8,12,15H,2-5H2,1H3. The molecule has 2 N–H and O–H groups in total. The minimum atomic E-state index is -0.486. The van der Waals surface area contributed by atoms with Gasteiger partial charge in [0, 0.05) is 13.1 Å². The predicted octanol–water partition coefficient (Wildman–Crippen LogP) is 1.04. The molecule has 7 heteroatoms. The highest BCUT2D eigenvalue weighted by atomic mass is 16.6. The van der Waals surface area contributed by atoms with Gasteiger partial charge in [-0.05, 0) is 35.6 Å². The molecule has 2 rings (SSSR count). The van der Waals surface area contributed by atoms with E-state index in [0.29, 0.717) is 5.82 Å². The van der Waals surface area contributed by atoms with Gasteiger partial charge in [0.2, 0.25) is 12.1 Å². The minimum Gasteiger partial charge on any atom is -0.393 e. The monoisotopic (exact) mass is 240 g/mol. The fourth-order valence-corrected chi connectivity index (χ4v) is 2.13. The van der Waals surface area contributed by atoms with E-state index in [1.165, 1.54) is 6.33 Å². The summed E-state index contributed by atoms with van der Waals surface area (Å²) >= 11 is 0. The quantitative estimate of drug-likeness (QED) is 0.608. The third-order valence-electron chi connectivity index (χ3n) is 3.13. The molecule has 0 aromatic carbocycles. The number of aromatic nitrogens is 2. The molecule has 1 aromatic heterocycles. The van der Waals surface area contributed by atoms with Gasteiger partial charge < -0.3 is 20.5 Å². The highest BCUT2D eigenvalue weighted by Gasteiger charge is 2.25. The van der Waals surface area contributed by atoms with Crippen LogP contribution in [-0.2, 0) is 7.05 Å². The third-order valence-corrected chi connectivity index (χ3v) is 3.13. The first-order valence-corrected chi connectivity index (χ1v) is 5.68. The van der Waals surface area contributed by atoms with E-state index in [2.05, 4.69) is 10.3 Å². The first-order chi connectivity index (χ1) is 8.08. The smallest absolute Gasteiger partial charge is 0.393 e. The largest absolute Gasteiger partial charge is 0.406 e. The third kappa shape index (κ3) is 2.55. The molecule has 0 unspecified atom stereocenters. The summed E-state index contributed by atoms with van der Waals surface area (Å²) in [5.74, 6) is 0.301. The number of rotatable bonds is 3. The molecule has 0 saturated heterocycles. The van der Waals surface area contributed by atoms with E-state index >= 15 is 0 Å². The molecule has 7 nitrogen and oxygen atoms in total. The van der Waals surface area contributed by atoms with Crippen LogP contribution >= 0.6 is 0 Å². The molecule has 0 amide bonds. The molecular formula is C10H16N4O3. The van der Waals surface area contributed by atoms with Crippen LogP contribution in [0.15, 0.2) is 6.33 Å². The average molecular weight is 240 g/mol. The van der Waals surface area contributed by atoms with E-state index < -0.39 is 4.92 Å². The zero-order chi connectivity index (χ0) is 12.4. The number of anilines is 1. The van der Waals surface area contributed by atoms with Gasteiger partial charge in [0.1, 0.15) is 0 Å². The van der Waals surface area contributed by atoms with Crippen molar-refractivity contribution in [2.75, 3.05) is 5.32 Å². The van der Waals surface area contributed by atoms with Crippen molar-refractivity contribution >= 4 is 11.6 Å². The fraction of sp³-hybridized carbons (Fsp3) is 0.700. The van der Waals surface area contributed by atoms with Crippen molar-refractivity contribution in [2.45, 2.75) is 37.8 Å². The van der Waals surface area contributed by atoms with Gasteiger partial charge in [-0.15, -0.1) is 0 Å². The Balaban J connectivity index is 2.08. The first-order valence-electron chi connectivity index (χ1n) is 5.68. The lowest BCUT2D eigenvalue weighted by Gasteiger charge is -2.26. The molecule has 94 valence electrons. The normalized spacial score (nSPS) is 24.6. The summed E-state index contributed by atoms with van der Waals surface area (Å²) in [6, 6.07) is 0.174. The summed E-state index contributed by atoms with van der Waals surface area (Å²) in [6.07, 6.45) is 4.33. The molecule has 0 spiro atoms.